The Morgan fingerprint density at radius 3 is 2.64 bits per heavy atom. The maximum Gasteiger partial charge on any atom is 0.316 e. The summed E-state index contributed by atoms with van der Waals surface area (Å²) in [5, 5.41) is 0. The van der Waals surface area contributed by atoms with E-state index in [1.165, 1.54) is 0 Å². The molecule has 2 aliphatic carbocycles. The van der Waals surface area contributed by atoms with Crippen LogP contribution < -0.4 is 0 Å². The predicted molar refractivity (Wildman–Crippen MR) is 83.2 cm³/mol. The Morgan fingerprint density at radius 2 is 2.00 bits per heavy atom. The molecule has 1 unspecified atom stereocenters. The Labute approximate surface area is 133 Å². The fourth-order valence-corrected chi connectivity index (χ4v) is 5.11. The third-order valence-corrected chi connectivity index (χ3v) is 6.47. The van der Waals surface area contributed by atoms with E-state index >= 15 is 0 Å². The second-order valence-electron chi connectivity index (χ2n) is 7.34. The number of esters is 1. The summed E-state index contributed by atoms with van der Waals surface area (Å²) in [4.78, 5) is 12.8. The summed E-state index contributed by atoms with van der Waals surface area (Å²) < 4.78 is 17.7. The summed E-state index contributed by atoms with van der Waals surface area (Å²) in [6.07, 6.45) is 4.73. The Bertz CT molecular complexity index is 479. The van der Waals surface area contributed by atoms with Gasteiger partial charge in [-0.25, -0.2) is 0 Å². The van der Waals surface area contributed by atoms with Crippen LogP contribution in [-0.2, 0) is 19.0 Å². The molecule has 1 heterocycles. The summed E-state index contributed by atoms with van der Waals surface area (Å²) in [6.45, 7) is 12.1. The summed E-state index contributed by atoms with van der Waals surface area (Å²) >= 11 is 0. The van der Waals surface area contributed by atoms with Crippen molar-refractivity contribution in [3.05, 3.63) is 12.2 Å². The number of carbonyl (C=O) groups excluding carboxylic acids is 1. The van der Waals surface area contributed by atoms with Gasteiger partial charge in [0, 0.05) is 11.8 Å². The predicted octanol–water partition coefficient (Wildman–Crippen LogP) is 3.46. The topological polar surface area (TPSA) is 44.8 Å². The molecule has 0 aromatic carbocycles. The van der Waals surface area contributed by atoms with E-state index in [1.54, 1.807) is 0 Å². The lowest BCUT2D eigenvalue weighted by atomic mass is 9.48. The molecule has 4 heteroatoms. The maximum atomic E-state index is 12.8. The lowest BCUT2D eigenvalue weighted by molar-refractivity contribution is -0.285. The summed E-state index contributed by atoms with van der Waals surface area (Å²) in [7, 11) is 0. The van der Waals surface area contributed by atoms with Crippen molar-refractivity contribution in [3.8, 4) is 0 Å². The van der Waals surface area contributed by atoms with E-state index in [0.29, 0.717) is 19.8 Å². The Morgan fingerprint density at radius 1 is 1.32 bits per heavy atom. The van der Waals surface area contributed by atoms with E-state index in [1.807, 2.05) is 13.8 Å². The van der Waals surface area contributed by atoms with Crippen LogP contribution in [0.15, 0.2) is 12.2 Å². The van der Waals surface area contributed by atoms with Gasteiger partial charge in [-0.05, 0) is 45.4 Å². The van der Waals surface area contributed by atoms with Crippen LogP contribution in [0.3, 0.4) is 0 Å². The molecule has 3 rings (SSSR count). The molecule has 0 radical (unpaired) electrons. The molecule has 3 fully saturated rings. The minimum absolute atomic E-state index is 0.133. The van der Waals surface area contributed by atoms with Crippen molar-refractivity contribution in [1.82, 2.24) is 0 Å². The maximum absolute atomic E-state index is 12.8. The van der Waals surface area contributed by atoms with E-state index in [9.17, 15) is 4.79 Å². The van der Waals surface area contributed by atoms with Crippen LogP contribution in [0.25, 0.3) is 0 Å². The van der Waals surface area contributed by atoms with Gasteiger partial charge in [-0.1, -0.05) is 19.1 Å². The molecule has 0 aromatic rings. The van der Waals surface area contributed by atoms with Crippen LogP contribution in [0.1, 0.15) is 52.9 Å². The van der Waals surface area contributed by atoms with Gasteiger partial charge >= 0.3 is 5.97 Å². The van der Waals surface area contributed by atoms with E-state index < -0.39 is 11.2 Å². The molecule has 2 saturated carbocycles. The molecule has 1 spiro atoms. The number of carbonyl (C=O) groups is 1. The molecule has 1 saturated heterocycles. The van der Waals surface area contributed by atoms with Crippen LogP contribution in [0.2, 0.25) is 0 Å². The van der Waals surface area contributed by atoms with E-state index in [-0.39, 0.29) is 17.3 Å². The molecule has 1 aliphatic heterocycles. The molecule has 0 bridgehead atoms. The fourth-order valence-electron chi connectivity index (χ4n) is 5.11. The number of hydrogen-bond donors (Lipinski definition) is 0. The molecule has 0 amide bonds. The second kappa shape index (κ2) is 5.34. The van der Waals surface area contributed by atoms with Gasteiger partial charge in [0.05, 0.1) is 25.2 Å². The van der Waals surface area contributed by atoms with Crippen molar-refractivity contribution < 1.29 is 19.0 Å². The van der Waals surface area contributed by atoms with Crippen molar-refractivity contribution in [2.24, 2.45) is 16.7 Å². The number of rotatable bonds is 2. The Hall–Kier alpha value is -0.870. The minimum Gasteiger partial charge on any atom is -0.465 e. The minimum atomic E-state index is -0.633. The first-order valence-corrected chi connectivity index (χ1v) is 8.54. The molecule has 3 atom stereocenters. The van der Waals surface area contributed by atoms with Gasteiger partial charge in [0.2, 0.25) is 0 Å². The SMILES string of the molecule is C=C1CC[C@]2(C)C(CCCC23OCCO3)[C@@]1(C)C(=O)OCC. The largest absolute Gasteiger partial charge is 0.465 e. The van der Waals surface area contributed by atoms with Crippen LogP contribution in [0.4, 0.5) is 0 Å². The highest BCUT2D eigenvalue weighted by Gasteiger charge is 2.66. The highest BCUT2D eigenvalue weighted by atomic mass is 16.7. The molecule has 124 valence electrons. The van der Waals surface area contributed by atoms with Crippen molar-refractivity contribution in [2.45, 2.75) is 58.7 Å². The molecule has 0 N–H and O–H groups in total. The average molecular weight is 308 g/mol. The quantitative estimate of drug-likeness (QED) is 0.579. The first-order valence-electron chi connectivity index (χ1n) is 8.54. The van der Waals surface area contributed by atoms with Gasteiger partial charge in [-0.15, -0.1) is 0 Å². The van der Waals surface area contributed by atoms with Gasteiger partial charge < -0.3 is 14.2 Å². The van der Waals surface area contributed by atoms with Crippen molar-refractivity contribution in [1.29, 1.82) is 0 Å². The lowest BCUT2D eigenvalue weighted by Gasteiger charge is -2.60. The van der Waals surface area contributed by atoms with Crippen LogP contribution in [0, 0.1) is 16.7 Å². The van der Waals surface area contributed by atoms with Crippen molar-refractivity contribution in [2.75, 3.05) is 19.8 Å². The standard InChI is InChI=1S/C18H28O4/c1-5-20-15(19)17(4)13(2)8-10-16(3)14(17)7-6-9-18(16)21-11-12-22-18/h14H,2,5-12H2,1,3-4H3/t14?,16-,17+/m1/s1. The van der Waals surface area contributed by atoms with E-state index in [4.69, 9.17) is 14.2 Å². The zero-order chi connectivity index (χ0) is 16.0. The second-order valence-corrected chi connectivity index (χ2v) is 7.34. The zero-order valence-electron chi connectivity index (χ0n) is 14.1. The Kier molecular flexibility index (Phi) is 3.89. The fraction of sp³-hybridized carbons (Fsp3) is 0.833. The van der Waals surface area contributed by atoms with Gasteiger partial charge in [-0.2, -0.15) is 0 Å². The summed E-state index contributed by atoms with van der Waals surface area (Å²) in [5.41, 5.74) is 0.208. The van der Waals surface area contributed by atoms with Gasteiger partial charge in [0.1, 0.15) is 0 Å². The monoisotopic (exact) mass is 308 g/mol. The first-order chi connectivity index (χ1) is 10.4. The van der Waals surface area contributed by atoms with E-state index in [2.05, 4.69) is 13.5 Å². The zero-order valence-corrected chi connectivity index (χ0v) is 14.1. The lowest BCUT2D eigenvalue weighted by Crippen LogP contribution is -2.62. The highest BCUT2D eigenvalue weighted by Crippen LogP contribution is 2.64. The molecule has 22 heavy (non-hydrogen) atoms. The third kappa shape index (κ3) is 1.93. The van der Waals surface area contributed by atoms with Gasteiger partial charge in [0.25, 0.3) is 0 Å². The van der Waals surface area contributed by atoms with E-state index in [0.717, 1.165) is 37.7 Å². The van der Waals surface area contributed by atoms with Crippen molar-refractivity contribution >= 4 is 5.97 Å². The summed E-state index contributed by atoms with van der Waals surface area (Å²) in [5.74, 6) is -0.497. The Balaban J connectivity index is 2.02. The van der Waals surface area contributed by atoms with Gasteiger partial charge in [0.15, 0.2) is 5.79 Å². The third-order valence-electron chi connectivity index (χ3n) is 6.47. The van der Waals surface area contributed by atoms with Crippen LogP contribution in [-0.4, -0.2) is 31.6 Å². The van der Waals surface area contributed by atoms with Crippen molar-refractivity contribution in [3.63, 3.8) is 0 Å². The normalized spacial score (nSPS) is 40.5. The highest BCUT2D eigenvalue weighted by molar-refractivity contribution is 5.81. The van der Waals surface area contributed by atoms with Gasteiger partial charge in [-0.3, -0.25) is 4.79 Å². The number of hydrogen-bond acceptors (Lipinski definition) is 4. The van der Waals surface area contributed by atoms with Crippen LogP contribution in [0.5, 0.6) is 0 Å². The molecular weight excluding hydrogens is 280 g/mol. The molecule has 3 aliphatic rings. The summed E-state index contributed by atoms with van der Waals surface area (Å²) in [6, 6.07) is 0. The average Bonchev–Trinajstić information content (AvgIpc) is 2.96. The van der Waals surface area contributed by atoms with Crippen LogP contribution >= 0.6 is 0 Å². The number of ether oxygens (including phenoxy) is 3. The smallest absolute Gasteiger partial charge is 0.316 e. The molecule has 0 aromatic heterocycles. The first kappa shape index (κ1) is 16.0. The number of fused-ring (bicyclic) bond motifs is 2. The molecule has 4 nitrogen and oxygen atoms in total. The molecular formula is C18H28O4.